The zero-order chi connectivity index (χ0) is 35.9. The lowest BCUT2D eigenvalue weighted by molar-refractivity contribution is 0.586. The van der Waals surface area contributed by atoms with E-state index in [0.717, 1.165) is 34.1 Å². The summed E-state index contributed by atoms with van der Waals surface area (Å²) in [5.41, 5.74) is 6.04. The minimum atomic E-state index is -3.92. The predicted molar refractivity (Wildman–Crippen MR) is 220 cm³/mol. The van der Waals surface area contributed by atoms with Crippen LogP contribution in [0.1, 0.15) is 0 Å². The third kappa shape index (κ3) is 6.84. The van der Waals surface area contributed by atoms with Crippen molar-refractivity contribution in [2.24, 2.45) is 0 Å². The van der Waals surface area contributed by atoms with E-state index in [1.165, 1.54) is 0 Å². The van der Waals surface area contributed by atoms with Crippen LogP contribution < -0.4 is 25.3 Å². The van der Waals surface area contributed by atoms with Gasteiger partial charge in [0.15, 0.2) is 0 Å². The molecule has 53 heavy (non-hydrogen) atoms. The molecule has 8 aromatic rings. The van der Waals surface area contributed by atoms with Gasteiger partial charge in [-0.05, 0) is 97.1 Å². The van der Waals surface area contributed by atoms with Crippen LogP contribution in [0.5, 0.6) is 0 Å². The number of hydrogen-bond acceptors (Lipinski definition) is 5. The van der Waals surface area contributed by atoms with E-state index in [1.807, 2.05) is 223 Å². The summed E-state index contributed by atoms with van der Waals surface area (Å²) in [5.74, 6) is 1.26. The Hall–Kier alpha value is -6.75. The average Bonchev–Trinajstić information content (AvgIpc) is 3.24. The normalized spacial score (nSPS) is 11.1. The van der Waals surface area contributed by atoms with Crippen molar-refractivity contribution in [1.82, 2.24) is 9.97 Å². The number of rotatable bonds is 11. The molecule has 0 aliphatic heterocycles. The number of nitrogens with zero attached hydrogens (tertiary/aromatic N) is 5. The monoisotopic (exact) mass is 705 g/mol. The van der Waals surface area contributed by atoms with Crippen LogP contribution >= 0.6 is 7.29 Å². The maximum absolute atomic E-state index is 16.8. The highest BCUT2D eigenvalue weighted by Crippen LogP contribution is 2.54. The van der Waals surface area contributed by atoms with Crippen molar-refractivity contribution in [1.29, 1.82) is 0 Å². The summed E-state index contributed by atoms with van der Waals surface area (Å²) in [5, 5.41) is 0. The molecule has 2 heterocycles. The van der Waals surface area contributed by atoms with E-state index in [-0.39, 0.29) is 0 Å². The van der Waals surface area contributed by atoms with E-state index in [4.69, 9.17) is 9.97 Å². The molecule has 0 saturated heterocycles. The Kier molecular flexibility index (Phi) is 9.60. The molecule has 0 N–H and O–H groups in total. The van der Waals surface area contributed by atoms with E-state index < -0.39 is 7.29 Å². The summed E-state index contributed by atoms with van der Waals surface area (Å²) in [6.45, 7) is 0. The molecular weight excluding hydrogens is 670 g/mol. The van der Waals surface area contributed by atoms with Crippen molar-refractivity contribution in [3.8, 4) is 0 Å². The summed E-state index contributed by atoms with van der Waals surface area (Å²) in [4.78, 5) is 14.8. The molecule has 0 aliphatic rings. The van der Waals surface area contributed by atoms with E-state index in [9.17, 15) is 0 Å². The third-order valence-corrected chi connectivity index (χ3v) is 11.6. The molecule has 0 saturated carbocycles. The van der Waals surface area contributed by atoms with Crippen molar-refractivity contribution >= 4 is 63.9 Å². The molecule has 0 amide bonds. The van der Waals surface area contributed by atoms with Crippen LogP contribution in [0.2, 0.25) is 0 Å². The molecule has 6 aromatic carbocycles. The molecule has 0 atom stereocenters. The SMILES string of the molecule is O=P(c1cccc(N(c2ccccc2)c2ccccc2)n1)(c1cccc(N(c2ccccc2)c2ccccc2)n1)N(c1ccccc1)c1ccccc1. The molecule has 0 radical (unpaired) electrons. The minimum absolute atomic E-state index is 0.398. The number of anilines is 8. The fourth-order valence-corrected chi connectivity index (χ4v) is 9.10. The van der Waals surface area contributed by atoms with Gasteiger partial charge >= 0.3 is 0 Å². The Morgan fingerprint density at radius 3 is 0.849 bits per heavy atom. The summed E-state index contributed by atoms with van der Waals surface area (Å²) in [7, 11) is -3.92. The molecule has 8 rings (SSSR count). The maximum Gasteiger partial charge on any atom is 0.269 e. The van der Waals surface area contributed by atoms with E-state index in [1.54, 1.807) is 0 Å². The first-order valence-electron chi connectivity index (χ1n) is 17.5. The van der Waals surface area contributed by atoms with Crippen LogP contribution in [0.4, 0.5) is 45.8 Å². The summed E-state index contributed by atoms with van der Waals surface area (Å²) in [6.07, 6.45) is 0. The van der Waals surface area contributed by atoms with Crippen LogP contribution in [0.15, 0.2) is 218 Å². The van der Waals surface area contributed by atoms with Crippen molar-refractivity contribution < 1.29 is 4.57 Å². The molecule has 7 heteroatoms. The summed E-state index contributed by atoms with van der Waals surface area (Å²) < 4.78 is 18.7. The zero-order valence-corrected chi connectivity index (χ0v) is 29.8. The Morgan fingerprint density at radius 2 is 0.566 bits per heavy atom. The van der Waals surface area contributed by atoms with Gasteiger partial charge in [-0.25, -0.2) is 9.97 Å². The number of para-hydroxylation sites is 6. The molecule has 0 aliphatic carbocycles. The molecule has 2 aromatic heterocycles. The Bertz CT molecular complexity index is 2190. The molecule has 256 valence electrons. The molecule has 0 spiro atoms. The van der Waals surface area contributed by atoms with Crippen molar-refractivity contribution in [2.45, 2.75) is 0 Å². The molecule has 0 bridgehead atoms. The quantitative estimate of drug-likeness (QED) is 0.125. The van der Waals surface area contributed by atoms with Crippen LogP contribution in [-0.2, 0) is 4.57 Å². The van der Waals surface area contributed by atoms with Crippen LogP contribution in [0.3, 0.4) is 0 Å². The maximum atomic E-state index is 16.8. The second-order valence-corrected chi connectivity index (χ2v) is 14.7. The smallest absolute Gasteiger partial charge is 0.269 e. The number of pyridine rings is 2. The lowest BCUT2D eigenvalue weighted by Gasteiger charge is -2.34. The highest BCUT2D eigenvalue weighted by molar-refractivity contribution is 7.80. The van der Waals surface area contributed by atoms with Gasteiger partial charge in [-0.2, -0.15) is 0 Å². The molecule has 0 unspecified atom stereocenters. The van der Waals surface area contributed by atoms with Gasteiger partial charge in [-0.15, -0.1) is 0 Å². The highest BCUT2D eigenvalue weighted by Gasteiger charge is 2.40. The predicted octanol–water partition coefficient (Wildman–Crippen LogP) is 11.5. The van der Waals surface area contributed by atoms with Crippen LogP contribution in [-0.4, -0.2) is 9.97 Å². The Balaban J connectivity index is 1.38. The highest BCUT2D eigenvalue weighted by atomic mass is 31.2. The van der Waals surface area contributed by atoms with Crippen LogP contribution in [0.25, 0.3) is 0 Å². The van der Waals surface area contributed by atoms with Gasteiger partial charge in [-0.1, -0.05) is 121 Å². The Morgan fingerprint density at radius 1 is 0.302 bits per heavy atom. The van der Waals surface area contributed by atoms with Crippen molar-refractivity contribution in [3.05, 3.63) is 218 Å². The fraction of sp³-hybridized carbons (Fsp3) is 0. The van der Waals surface area contributed by atoms with E-state index in [2.05, 4.69) is 9.80 Å². The van der Waals surface area contributed by atoms with Crippen LogP contribution in [0, 0.1) is 0 Å². The first-order valence-corrected chi connectivity index (χ1v) is 19.1. The topological polar surface area (TPSA) is 52.6 Å². The fourth-order valence-electron chi connectivity index (χ4n) is 6.48. The zero-order valence-electron chi connectivity index (χ0n) is 28.9. The second-order valence-electron chi connectivity index (χ2n) is 12.3. The summed E-state index contributed by atoms with van der Waals surface area (Å²) >= 11 is 0. The van der Waals surface area contributed by atoms with Gasteiger partial charge in [-0.3, -0.25) is 19.0 Å². The van der Waals surface area contributed by atoms with Gasteiger partial charge in [0.25, 0.3) is 7.29 Å². The van der Waals surface area contributed by atoms with E-state index in [0.29, 0.717) is 22.5 Å². The summed E-state index contributed by atoms with van der Waals surface area (Å²) in [6, 6.07) is 71.6. The van der Waals surface area contributed by atoms with Gasteiger partial charge < -0.3 is 0 Å². The number of hydrogen-bond donors (Lipinski definition) is 0. The first-order chi connectivity index (χ1) is 26.2. The second kappa shape index (κ2) is 15.2. The van der Waals surface area contributed by atoms with Crippen molar-refractivity contribution in [3.63, 3.8) is 0 Å². The third-order valence-electron chi connectivity index (χ3n) is 8.86. The lowest BCUT2D eigenvalue weighted by atomic mass is 10.2. The van der Waals surface area contributed by atoms with Gasteiger partial charge in [0, 0.05) is 34.1 Å². The van der Waals surface area contributed by atoms with E-state index >= 15 is 4.57 Å². The molecule has 6 nitrogen and oxygen atoms in total. The van der Waals surface area contributed by atoms with Crippen molar-refractivity contribution in [2.75, 3.05) is 14.5 Å². The minimum Gasteiger partial charge on any atom is -0.295 e. The standard InChI is InChI=1S/C46H36N5OP/c52-53(51(41-29-15-5-16-30-41)42-31-17-6-18-32-42,45-35-19-33-43(47-45)49(37-21-7-1-8-22-37)38-23-9-2-10-24-38)46-36-20-34-44(48-46)50(39-25-11-3-12-26-39)40-27-13-4-14-28-40/h1-36H. The van der Waals surface area contributed by atoms with Gasteiger partial charge in [0.1, 0.15) is 22.5 Å². The molecular formula is C46H36N5OP. The molecule has 0 fully saturated rings. The number of benzene rings is 6. The lowest BCUT2D eigenvalue weighted by Crippen LogP contribution is -2.33. The number of aromatic nitrogens is 2. The Labute approximate surface area is 310 Å². The average molecular weight is 706 g/mol. The largest absolute Gasteiger partial charge is 0.295 e. The van der Waals surface area contributed by atoms with Gasteiger partial charge in [0.2, 0.25) is 0 Å². The first kappa shape index (κ1) is 33.4. The van der Waals surface area contributed by atoms with Gasteiger partial charge in [0.05, 0.1) is 0 Å².